The van der Waals surface area contributed by atoms with Crippen LogP contribution in [0.2, 0.25) is 0 Å². The summed E-state index contributed by atoms with van der Waals surface area (Å²) in [7, 11) is 0. The topological polar surface area (TPSA) is 101 Å². The third kappa shape index (κ3) is 4.20. The summed E-state index contributed by atoms with van der Waals surface area (Å²) >= 11 is 0. The Labute approximate surface area is 204 Å². The largest absolute Gasteiger partial charge is 0.485 e. The van der Waals surface area contributed by atoms with E-state index in [1.807, 2.05) is 4.90 Å². The van der Waals surface area contributed by atoms with Gasteiger partial charge in [-0.2, -0.15) is 0 Å². The highest BCUT2D eigenvalue weighted by molar-refractivity contribution is 6.32. The molecule has 0 aliphatic carbocycles. The van der Waals surface area contributed by atoms with E-state index in [4.69, 9.17) is 24.3 Å². The average Bonchev–Trinajstić information content (AvgIpc) is 3.00. The molecule has 0 atom stereocenters. The average molecular weight is 499 g/mol. The third-order valence-electron chi connectivity index (χ3n) is 6.22. The summed E-state index contributed by atoms with van der Waals surface area (Å²) in [5.74, 6) is -4.72. The standard InChI is InChI=1S/C25H23F2N3O6/c1-2-29-6-8-30(9-7-29)23-15-4-3-5-18-19(15)22(36-25(33)24(32)35-18)20(28-23)14-12-16(26)21(17(27)13-14)34-11-10-31/h3-5,12-13,31H,2,6-11H2,1H3. The number of nitrogens with zero attached hydrogens (tertiary/aromatic N) is 3. The van der Waals surface area contributed by atoms with Crippen molar-refractivity contribution in [3.05, 3.63) is 42.0 Å². The van der Waals surface area contributed by atoms with Crippen LogP contribution in [0.3, 0.4) is 0 Å². The van der Waals surface area contributed by atoms with Crippen LogP contribution in [0.5, 0.6) is 17.2 Å². The second-order valence-electron chi connectivity index (χ2n) is 8.33. The maximum Gasteiger partial charge on any atom is 0.423 e. The Hall–Kier alpha value is -3.83. The van der Waals surface area contributed by atoms with Crippen molar-refractivity contribution in [2.45, 2.75) is 6.92 Å². The zero-order valence-electron chi connectivity index (χ0n) is 19.4. The van der Waals surface area contributed by atoms with Gasteiger partial charge in [-0.1, -0.05) is 19.1 Å². The van der Waals surface area contributed by atoms with E-state index in [9.17, 15) is 18.4 Å². The summed E-state index contributed by atoms with van der Waals surface area (Å²) in [5, 5.41) is 9.80. The SMILES string of the molecule is CCN1CCN(c2nc(-c3cc(F)c(OCCO)c(F)c3)c3c4c(cccc24)OC(=O)C(=O)O3)CC1. The van der Waals surface area contributed by atoms with Crippen molar-refractivity contribution in [1.82, 2.24) is 9.88 Å². The lowest BCUT2D eigenvalue weighted by Gasteiger charge is -2.35. The van der Waals surface area contributed by atoms with Gasteiger partial charge in [-0.25, -0.2) is 23.4 Å². The van der Waals surface area contributed by atoms with Crippen LogP contribution >= 0.6 is 0 Å². The van der Waals surface area contributed by atoms with Crippen LogP contribution in [0.25, 0.3) is 22.0 Å². The van der Waals surface area contributed by atoms with Gasteiger partial charge in [0.05, 0.1) is 12.0 Å². The summed E-state index contributed by atoms with van der Waals surface area (Å²) in [6.45, 7) is 5.16. The predicted molar refractivity (Wildman–Crippen MR) is 125 cm³/mol. The van der Waals surface area contributed by atoms with E-state index < -0.39 is 35.9 Å². The van der Waals surface area contributed by atoms with Gasteiger partial charge in [-0.05, 0) is 24.7 Å². The molecule has 2 aliphatic heterocycles. The Morgan fingerprint density at radius 3 is 2.42 bits per heavy atom. The first-order chi connectivity index (χ1) is 17.4. The Kier molecular flexibility index (Phi) is 6.42. The number of likely N-dealkylation sites (N-methyl/N-ethyl adjacent to an activating group) is 1. The van der Waals surface area contributed by atoms with Gasteiger partial charge >= 0.3 is 11.9 Å². The van der Waals surface area contributed by atoms with E-state index in [0.717, 1.165) is 31.8 Å². The van der Waals surface area contributed by atoms with Crippen LogP contribution in [0.4, 0.5) is 14.6 Å². The van der Waals surface area contributed by atoms with Crippen molar-refractivity contribution < 1.29 is 37.7 Å². The highest BCUT2D eigenvalue weighted by Gasteiger charge is 2.32. The normalized spacial score (nSPS) is 16.1. The smallest absolute Gasteiger partial charge is 0.423 e. The van der Waals surface area contributed by atoms with Crippen LogP contribution in [0, 0.1) is 11.6 Å². The zero-order chi connectivity index (χ0) is 25.4. The molecule has 1 saturated heterocycles. The van der Waals surface area contributed by atoms with E-state index in [1.165, 1.54) is 6.07 Å². The maximum absolute atomic E-state index is 14.8. The molecule has 1 N–H and O–H groups in total. The van der Waals surface area contributed by atoms with Crippen molar-refractivity contribution in [3.63, 3.8) is 0 Å². The first-order valence-electron chi connectivity index (χ1n) is 11.5. The molecule has 3 aromatic rings. The van der Waals surface area contributed by atoms with Crippen molar-refractivity contribution in [3.8, 4) is 28.5 Å². The van der Waals surface area contributed by atoms with Gasteiger partial charge in [-0.3, -0.25) is 0 Å². The van der Waals surface area contributed by atoms with Crippen molar-refractivity contribution in [2.24, 2.45) is 0 Å². The monoisotopic (exact) mass is 499 g/mol. The summed E-state index contributed by atoms with van der Waals surface area (Å²) in [6.07, 6.45) is 0. The molecule has 0 amide bonds. The molecule has 2 aromatic carbocycles. The Balaban J connectivity index is 1.73. The molecule has 9 nitrogen and oxygen atoms in total. The summed E-state index contributed by atoms with van der Waals surface area (Å²) in [5.41, 5.74) is -0.0512. The molecule has 0 saturated carbocycles. The highest BCUT2D eigenvalue weighted by atomic mass is 19.1. The van der Waals surface area contributed by atoms with Gasteiger partial charge in [-0.15, -0.1) is 0 Å². The predicted octanol–water partition coefficient (Wildman–Crippen LogP) is 2.52. The number of hydrogen-bond donors (Lipinski definition) is 1. The lowest BCUT2D eigenvalue weighted by Crippen LogP contribution is -2.46. The molecular weight excluding hydrogens is 476 g/mol. The molecule has 0 spiro atoms. The number of aliphatic hydroxyl groups excluding tert-OH is 1. The number of hydrogen-bond acceptors (Lipinski definition) is 9. The van der Waals surface area contributed by atoms with E-state index in [0.29, 0.717) is 29.7 Å². The number of rotatable bonds is 6. The fraction of sp³-hybridized carbons (Fsp3) is 0.320. The van der Waals surface area contributed by atoms with Crippen LogP contribution in [-0.4, -0.2) is 72.9 Å². The van der Waals surface area contributed by atoms with Crippen LogP contribution in [-0.2, 0) is 9.59 Å². The van der Waals surface area contributed by atoms with E-state index >= 15 is 0 Å². The van der Waals surface area contributed by atoms with Gasteiger partial charge < -0.3 is 29.1 Å². The molecule has 3 heterocycles. The number of carbonyl (C=O) groups is 2. The first-order valence-corrected chi connectivity index (χ1v) is 11.5. The Morgan fingerprint density at radius 2 is 1.75 bits per heavy atom. The zero-order valence-corrected chi connectivity index (χ0v) is 19.4. The molecule has 1 aromatic heterocycles. The van der Waals surface area contributed by atoms with E-state index in [-0.39, 0.29) is 29.4 Å². The number of pyridine rings is 1. The minimum Gasteiger partial charge on any atom is -0.485 e. The van der Waals surface area contributed by atoms with E-state index in [2.05, 4.69) is 11.8 Å². The molecule has 5 rings (SSSR count). The number of aromatic nitrogens is 1. The summed E-state index contributed by atoms with van der Waals surface area (Å²) in [6, 6.07) is 6.96. The summed E-state index contributed by atoms with van der Waals surface area (Å²) < 4.78 is 45.3. The van der Waals surface area contributed by atoms with Gasteiger partial charge in [0.1, 0.15) is 23.9 Å². The molecule has 188 valence electrons. The second-order valence-corrected chi connectivity index (χ2v) is 8.33. The fourth-order valence-corrected chi connectivity index (χ4v) is 4.44. The van der Waals surface area contributed by atoms with Crippen molar-refractivity contribution in [1.29, 1.82) is 0 Å². The van der Waals surface area contributed by atoms with Crippen LogP contribution in [0.1, 0.15) is 6.92 Å². The Bertz CT molecular complexity index is 1330. The summed E-state index contributed by atoms with van der Waals surface area (Å²) in [4.78, 5) is 33.6. The quantitative estimate of drug-likeness (QED) is 0.311. The molecule has 0 radical (unpaired) electrons. The lowest BCUT2D eigenvalue weighted by atomic mass is 10.0. The second kappa shape index (κ2) is 9.67. The molecule has 0 bridgehead atoms. The molecule has 36 heavy (non-hydrogen) atoms. The Morgan fingerprint density at radius 1 is 1.06 bits per heavy atom. The molecule has 1 fully saturated rings. The van der Waals surface area contributed by atoms with Crippen LogP contribution < -0.4 is 19.1 Å². The van der Waals surface area contributed by atoms with E-state index in [1.54, 1.807) is 12.1 Å². The van der Waals surface area contributed by atoms with Gasteiger partial charge in [0.25, 0.3) is 0 Å². The maximum atomic E-state index is 14.8. The number of halogens is 2. The minimum absolute atomic E-state index is 0.0244. The molecule has 0 unspecified atom stereocenters. The minimum atomic E-state index is -1.27. The molecule has 11 heteroatoms. The fourth-order valence-electron chi connectivity index (χ4n) is 4.44. The molecular formula is C25H23F2N3O6. The number of piperazine rings is 1. The van der Waals surface area contributed by atoms with Gasteiger partial charge in [0.15, 0.2) is 23.1 Å². The first kappa shape index (κ1) is 23.9. The number of anilines is 1. The van der Waals surface area contributed by atoms with Crippen molar-refractivity contribution in [2.75, 3.05) is 50.8 Å². The highest BCUT2D eigenvalue weighted by Crippen LogP contribution is 2.46. The lowest BCUT2D eigenvalue weighted by molar-refractivity contribution is -0.155. The molecule has 2 aliphatic rings. The van der Waals surface area contributed by atoms with Gasteiger partial charge in [0.2, 0.25) is 0 Å². The van der Waals surface area contributed by atoms with Crippen LogP contribution in [0.15, 0.2) is 30.3 Å². The number of benzene rings is 2. The number of esters is 2. The third-order valence-corrected chi connectivity index (χ3v) is 6.22. The number of carbonyl (C=O) groups excluding carboxylic acids is 2. The number of ether oxygens (including phenoxy) is 3. The van der Waals surface area contributed by atoms with Crippen molar-refractivity contribution >= 4 is 28.5 Å². The number of aliphatic hydroxyl groups is 1. The van der Waals surface area contributed by atoms with Gasteiger partial charge in [0, 0.05) is 37.1 Å².